The van der Waals surface area contributed by atoms with E-state index in [1.807, 2.05) is 18.2 Å². The molecule has 0 atom stereocenters. The van der Waals surface area contributed by atoms with Crippen LogP contribution >= 0.6 is 0 Å². The summed E-state index contributed by atoms with van der Waals surface area (Å²) in [4.78, 5) is 17.9. The maximum atomic E-state index is 13.2. The third-order valence-corrected chi connectivity index (χ3v) is 6.28. The van der Waals surface area contributed by atoms with E-state index in [2.05, 4.69) is 59.2 Å². The molecule has 3 rings (SSSR count). The van der Waals surface area contributed by atoms with Crippen LogP contribution in [0.2, 0.25) is 0 Å². The van der Waals surface area contributed by atoms with Gasteiger partial charge in [0, 0.05) is 37.8 Å². The molecule has 1 aliphatic heterocycles. The second-order valence-electron chi connectivity index (χ2n) is 8.57. The summed E-state index contributed by atoms with van der Waals surface area (Å²) in [6, 6.07) is 21.4. The molecule has 1 aliphatic rings. The van der Waals surface area contributed by atoms with Crippen molar-refractivity contribution >= 4 is 11.6 Å². The highest BCUT2D eigenvalue weighted by molar-refractivity contribution is 5.93. The Balaban J connectivity index is 1.53. The largest absolute Gasteiger partial charge is 0.309 e. The summed E-state index contributed by atoms with van der Waals surface area (Å²) in [7, 11) is 0. The van der Waals surface area contributed by atoms with Crippen LogP contribution in [0.15, 0.2) is 60.7 Å². The van der Waals surface area contributed by atoms with Crippen LogP contribution < -0.4 is 4.90 Å². The Labute approximate surface area is 183 Å². The van der Waals surface area contributed by atoms with Crippen molar-refractivity contribution in [3.05, 3.63) is 66.2 Å². The van der Waals surface area contributed by atoms with Gasteiger partial charge in [0.05, 0.1) is 0 Å². The number of carbonyl (C=O) groups is 1. The molecular weight excluding hydrogens is 368 g/mol. The first-order valence-electron chi connectivity index (χ1n) is 11.9. The lowest BCUT2D eigenvalue weighted by atomic mass is 10.00. The SMILES string of the molecule is CCCCCCCC(=O)N(c1ccccc1)C1CCN(CCc2ccccc2)CC1. The Morgan fingerprint density at radius 2 is 1.53 bits per heavy atom. The van der Waals surface area contributed by atoms with E-state index >= 15 is 0 Å². The van der Waals surface area contributed by atoms with Gasteiger partial charge in [-0.25, -0.2) is 0 Å². The summed E-state index contributed by atoms with van der Waals surface area (Å²) >= 11 is 0. The number of amides is 1. The standard InChI is InChI=1S/C27H38N2O/c1-2-3-4-5-12-17-27(30)29(25-15-10-7-11-16-25)26-19-22-28(23-20-26)21-18-24-13-8-6-9-14-24/h6-11,13-16,26H,2-5,12,17-23H2,1H3. The number of piperidine rings is 1. The Kier molecular flexibility index (Phi) is 9.43. The minimum atomic E-state index is 0.306. The molecule has 3 heteroatoms. The topological polar surface area (TPSA) is 23.6 Å². The summed E-state index contributed by atoms with van der Waals surface area (Å²) in [5.74, 6) is 0.306. The van der Waals surface area contributed by atoms with Gasteiger partial charge in [0.2, 0.25) is 5.91 Å². The van der Waals surface area contributed by atoms with Crippen LogP contribution in [-0.2, 0) is 11.2 Å². The van der Waals surface area contributed by atoms with Crippen LogP contribution in [0, 0.1) is 0 Å². The van der Waals surface area contributed by atoms with Gasteiger partial charge in [-0.2, -0.15) is 0 Å². The zero-order valence-electron chi connectivity index (χ0n) is 18.6. The highest BCUT2D eigenvalue weighted by Crippen LogP contribution is 2.25. The Hall–Kier alpha value is -2.13. The van der Waals surface area contributed by atoms with E-state index in [0.29, 0.717) is 18.4 Å². The molecular formula is C27H38N2O. The van der Waals surface area contributed by atoms with E-state index < -0.39 is 0 Å². The number of rotatable bonds is 11. The number of likely N-dealkylation sites (tertiary alicyclic amines) is 1. The first kappa shape index (κ1) is 22.6. The molecule has 0 unspecified atom stereocenters. The van der Waals surface area contributed by atoms with Gasteiger partial charge in [0.1, 0.15) is 0 Å². The summed E-state index contributed by atoms with van der Waals surface area (Å²) in [6.07, 6.45) is 9.84. The third-order valence-electron chi connectivity index (χ3n) is 6.28. The average molecular weight is 407 g/mol. The van der Waals surface area contributed by atoms with E-state index in [4.69, 9.17) is 0 Å². The normalized spacial score (nSPS) is 15.2. The predicted molar refractivity (Wildman–Crippen MR) is 127 cm³/mol. The number of nitrogens with zero attached hydrogens (tertiary/aromatic N) is 2. The molecule has 0 saturated carbocycles. The lowest BCUT2D eigenvalue weighted by Gasteiger charge is -2.38. The smallest absolute Gasteiger partial charge is 0.227 e. The van der Waals surface area contributed by atoms with Gasteiger partial charge in [0.25, 0.3) is 0 Å². The number of para-hydroxylation sites is 1. The molecule has 1 heterocycles. The molecule has 0 radical (unpaired) electrons. The van der Waals surface area contributed by atoms with E-state index in [0.717, 1.165) is 51.0 Å². The summed E-state index contributed by atoms with van der Waals surface area (Å²) in [5, 5.41) is 0. The fourth-order valence-corrected chi connectivity index (χ4v) is 4.48. The fraction of sp³-hybridized carbons (Fsp3) is 0.519. The molecule has 0 aliphatic carbocycles. The zero-order valence-corrected chi connectivity index (χ0v) is 18.6. The van der Waals surface area contributed by atoms with Gasteiger partial charge in [-0.15, -0.1) is 0 Å². The number of unbranched alkanes of at least 4 members (excludes halogenated alkanes) is 4. The summed E-state index contributed by atoms with van der Waals surface area (Å²) < 4.78 is 0. The molecule has 2 aromatic carbocycles. The Morgan fingerprint density at radius 1 is 0.900 bits per heavy atom. The van der Waals surface area contributed by atoms with Crippen molar-refractivity contribution in [1.82, 2.24) is 4.90 Å². The van der Waals surface area contributed by atoms with Crippen molar-refractivity contribution in [2.24, 2.45) is 0 Å². The Bertz CT molecular complexity index is 723. The minimum absolute atomic E-state index is 0.306. The quantitative estimate of drug-likeness (QED) is 0.422. The van der Waals surface area contributed by atoms with Crippen molar-refractivity contribution in [3.8, 4) is 0 Å². The van der Waals surface area contributed by atoms with Crippen LogP contribution in [0.3, 0.4) is 0 Å². The van der Waals surface area contributed by atoms with Crippen molar-refractivity contribution in [2.75, 3.05) is 24.5 Å². The van der Waals surface area contributed by atoms with Crippen LogP contribution in [0.1, 0.15) is 63.9 Å². The van der Waals surface area contributed by atoms with Crippen LogP contribution in [0.4, 0.5) is 5.69 Å². The average Bonchev–Trinajstić information content (AvgIpc) is 2.80. The lowest BCUT2D eigenvalue weighted by molar-refractivity contribution is -0.119. The summed E-state index contributed by atoms with van der Waals surface area (Å²) in [6.45, 7) is 5.48. The molecule has 3 nitrogen and oxygen atoms in total. The highest BCUT2D eigenvalue weighted by Gasteiger charge is 2.28. The molecule has 0 spiro atoms. The molecule has 0 N–H and O–H groups in total. The summed E-state index contributed by atoms with van der Waals surface area (Å²) in [5.41, 5.74) is 2.47. The van der Waals surface area contributed by atoms with Crippen molar-refractivity contribution < 1.29 is 4.79 Å². The second-order valence-corrected chi connectivity index (χ2v) is 8.57. The predicted octanol–water partition coefficient (Wildman–Crippen LogP) is 6.09. The van der Waals surface area contributed by atoms with E-state index in [1.165, 1.54) is 31.2 Å². The third kappa shape index (κ3) is 6.98. The molecule has 1 saturated heterocycles. The van der Waals surface area contributed by atoms with E-state index in [1.54, 1.807) is 0 Å². The van der Waals surface area contributed by atoms with E-state index in [-0.39, 0.29) is 0 Å². The zero-order chi connectivity index (χ0) is 21.0. The van der Waals surface area contributed by atoms with Crippen molar-refractivity contribution in [3.63, 3.8) is 0 Å². The van der Waals surface area contributed by atoms with Gasteiger partial charge >= 0.3 is 0 Å². The lowest BCUT2D eigenvalue weighted by Crippen LogP contribution is -2.48. The van der Waals surface area contributed by atoms with Crippen LogP contribution in [0.25, 0.3) is 0 Å². The van der Waals surface area contributed by atoms with Gasteiger partial charge in [-0.1, -0.05) is 81.1 Å². The van der Waals surface area contributed by atoms with E-state index in [9.17, 15) is 4.79 Å². The Morgan fingerprint density at radius 3 is 2.20 bits per heavy atom. The molecule has 2 aromatic rings. The van der Waals surface area contributed by atoms with Gasteiger partial charge < -0.3 is 9.80 Å². The number of benzene rings is 2. The fourth-order valence-electron chi connectivity index (χ4n) is 4.48. The monoisotopic (exact) mass is 406 g/mol. The molecule has 1 fully saturated rings. The number of anilines is 1. The van der Waals surface area contributed by atoms with Gasteiger partial charge in [-0.3, -0.25) is 4.79 Å². The molecule has 0 aromatic heterocycles. The van der Waals surface area contributed by atoms with Gasteiger partial charge in [0.15, 0.2) is 0 Å². The van der Waals surface area contributed by atoms with Crippen LogP contribution in [0.5, 0.6) is 0 Å². The number of hydrogen-bond acceptors (Lipinski definition) is 2. The van der Waals surface area contributed by atoms with Crippen molar-refractivity contribution in [2.45, 2.75) is 70.8 Å². The number of hydrogen-bond donors (Lipinski definition) is 0. The molecule has 30 heavy (non-hydrogen) atoms. The molecule has 162 valence electrons. The first-order valence-corrected chi connectivity index (χ1v) is 11.9. The molecule has 1 amide bonds. The second kappa shape index (κ2) is 12.5. The van der Waals surface area contributed by atoms with Gasteiger partial charge in [-0.05, 0) is 43.4 Å². The van der Waals surface area contributed by atoms with Crippen molar-refractivity contribution in [1.29, 1.82) is 0 Å². The maximum absolute atomic E-state index is 13.2. The highest BCUT2D eigenvalue weighted by atomic mass is 16.2. The number of carbonyl (C=O) groups excluding carboxylic acids is 1. The van der Waals surface area contributed by atoms with Crippen LogP contribution in [-0.4, -0.2) is 36.5 Å². The maximum Gasteiger partial charge on any atom is 0.227 e. The minimum Gasteiger partial charge on any atom is -0.309 e. The first-order chi connectivity index (χ1) is 14.8. The molecule has 0 bridgehead atoms.